The van der Waals surface area contributed by atoms with E-state index in [1.165, 1.54) is 26.4 Å². The molecule has 2 rings (SSSR count). The summed E-state index contributed by atoms with van der Waals surface area (Å²) in [6.07, 6.45) is 0.175. The number of fused-ring (bicyclic) bond motifs is 1. The van der Waals surface area contributed by atoms with Gasteiger partial charge in [0.2, 0.25) is 0 Å². The molecule has 0 saturated heterocycles. The highest BCUT2D eigenvalue weighted by atomic mass is 35.5. The van der Waals surface area contributed by atoms with Crippen molar-refractivity contribution in [3.8, 4) is 0 Å². The molecule has 142 valence electrons. The van der Waals surface area contributed by atoms with E-state index < -0.39 is 22.3 Å². The van der Waals surface area contributed by atoms with Crippen molar-refractivity contribution < 1.29 is 27.8 Å². The Morgan fingerprint density at radius 2 is 2.08 bits per heavy atom. The average Bonchev–Trinajstić information content (AvgIpc) is 2.64. The lowest BCUT2D eigenvalue weighted by Gasteiger charge is -2.12. The van der Waals surface area contributed by atoms with Crippen LogP contribution in [0, 0.1) is 6.92 Å². The van der Waals surface area contributed by atoms with Crippen molar-refractivity contribution in [3.63, 3.8) is 0 Å². The van der Waals surface area contributed by atoms with Crippen LogP contribution in [-0.4, -0.2) is 52.4 Å². The Bertz CT molecular complexity index is 878. The van der Waals surface area contributed by atoms with Crippen LogP contribution in [0.5, 0.6) is 0 Å². The van der Waals surface area contributed by atoms with Crippen LogP contribution in [0.2, 0.25) is 5.02 Å². The van der Waals surface area contributed by atoms with Gasteiger partial charge < -0.3 is 14.6 Å². The molecule has 0 radical (unpaired) electrons. The molecule has 1 aromatic carbocycles. The summed E-state index contributed by atoms with van der Waals surface area (Å²) in [6.45, 7) is 1.65. The molecule has 0 aliphatic carbocycles. The van der Waals surface area contributed by atoms with E-state index in [9.17, 15) is 13.2 Å². The molecule has 0 unspecified atom stereocenters. The quantitative estimate of drug-likeness (QED) is 0.553. The molecule has 26 heavy (non-hydrogen) atoms. The lowest BCUT2D eigenvalue weighted by atomic mass is 10.2. The first-order chi connectivity index (χ1) is 12.2. The van der Waals surface area contributed by atoms with Crippen LogP contribution in [-0.2, 0) is 24.3 Å². The number of carboxylic acid groups (broad SMARTS) is 1. The Hall–Kier alpha value is -1.59. The number of thioether (sulfide) groups is 1. The molecule has 11 heteroatoms. The molecule has 0 bridgehead atoms. The van der Waals surface area contributed by atoms with Gasteiger partial charge in [-0.15, -0.1) is 0 Å². The van der Waals surface area contributed by atoms with E-state index in [1.807, 2.05) is 0 Å². The number of hydrogen-bond acceptors (Lipinski definition) is 7. The zero-order valence-electron chi connectivity index (χ0n) is 14.1. The predicted octanol–water partition coefficient (Wildman–Crippen LogP) is 2.02. The molecule has 1 aromatic rings. The number of carboxylic acids is 1. The molecular formula is C15H17ClN2O6S2. The van der Waals surface area contributed by atoms with Gasteiger partial charge in [0.05, 0.1) is 11.4 Å². The third-order valence-corrected chi connectivity index (χ3v) is 6.38. The van der Waals surface area contributed by atoms with Crippen molar-refractivity contribution in [2.45, 2.75) is 23.0 Å². The van der Waals surface area contributed by atoms with Gasteiger partial charge in [-0.3, -0.25) is 9.71 Å². The number of aliphatic carboxylic acids is 1. The summed E-state index contributed by atoms with van der Waals surface area (Å²) in [6, 6.07) is 2.92. The molecule has 0 aromatic heterocycles. The average molecular weight is 421 g/mol. The van der Waals surface area contributed by atoms with Crippen LogP contribution in [0.3, 0.4) is 0 Å². The largest absolute Gasteiger partial charge is 0.478 e. The van der Waals surface area contributed by atoms with Crippen molar-refractivity contribution >= 4 is 45.2 Å². The van der Waals surface area contributed by atoms with Gasteiger partial charge in [0.1, 0.15) is 10.7 Å². The second-order valence-electron chi connectivity index (χ2n) is 5.19. The highest BCUT2D eigenvalue weighted by Gasteiger charge is 2.29. The summed E-state index contributed by atoms with van der Waals surface area (Å²) in [4.78, 5) is 15.7. The zero-order valence-corrected chi connectivity index (χ0v) is 16.5. The predicted molar refractivity (Wildman–Crippen MR) is 98.2 cm³/mol. The van der Waals surface area contributed by atoms with Gasteiger partial charge in [0.25, 0.3) is 10.0 Å². The van der Waals surface area contributed by atoms with Crippen LogP contribution in [0.15, 0.2) is 37.9 Å². The molecular weight excluding hydrogens is 404 g/mol. The van der Waals surface area contributed by atoms with Crippen LogP contribution >= 0.6 is 23.4 Å². The van der Waals surface area contributed by atoms with Gasteiger partial charge >= 0.3 is 5.97 Å². The Morgan fingerprint density at radius 1 is 1.42 bits per heavy atom. The maximum absolute atomic E-state index is 12.7. The summed E-state index contributed by atoms with van der Waals surface area (Å²) < 4.78 is 37.8. The van der Waals surface area contributed by atoms with E-state index in [1.54, 1.807) is 6.92 Å². The second kappa shape index (κ2) is 8.40. The number of carbonyl (C=O) groups is 1. The first-order valence-electron chi connectivity index (χ1n) is 7.23. The number of halogens is 1. The van der Waals surface area contributed by atoms with Crippen LogP contribution < -0.4 is 4.72 Å². The number of aliphatic imine (C=N–C) groups is 1. The normalized spacial score (nSPS) is 19.3. The first-order valence-corrected chi connectivity index (χ1v) is 9.91. The van der Waals surface area contributed by atoms with Gasteiger partial charge in [-0.2, -0.15) is 0 Å². The topological polar surface area (TPSA) is 114 Å². The second-order valence-corrected chi connectivity index (χ2v) is 8.33. The number of methoxy groups -OCH3 is 2. The highest BCUT2D eigenvalue weighted by molar-refractivity contribution is 8.05. The number of hydrogen-bond donors (Lipinski definition) is 2. The molecule has 0 atom stereocenters. The van der Waals surface area contributed by atoms with Crippen molar-refractivity contribution in [2.75, 3.05) is 20.8 Å². The number of benzene rings is 1. The maximum Gasteiger partial charge on any atom is 0.329 e. The third kappa shape index (κ3) is 4.77. The minimum absolute atomic E-state index is 0.000854. The fraction of sp³-hybridized carbons (Fsp3) is 0.333. The van der Waals surface area contributed by atoms with Crippen LogP contribution in [0.25, 0.3) is 0 Å². The van der Waals surface area contributed by atoms with Crippen molar-refractivity contribution in [3.05, 3.63) is 33.7 Å². The van der Waals surface area contributed by atoms with Crippen LogP contribution in [0.4, 0.5) is 0 Å². The molecule has 8 nitrogen and oxygen atoms in total. The van der Waals surface area contributed by atoms with Crippen molar-refractivity contribution in [2.24, 2.45) is 4.99 Å². The summed E-state index contributed by atoms with van der Waals surface area (Å²) in [5, 5.41) is 9.50. The Balaban J connectivity index is 2.58. The van der Waals surface area contributed by atoms with Gasteiger partial charge in [-0.1, -0.05) is 23.4 Å². The standard InChI is InChI=1S/C15H17ClN2O6S2/c1-8-4-12-10(5-9(8)16)25-11(6-13(19)20)15(18-26(12,21)22)17-7-14(23-2)24-3/h4-6,14H,7H2,1-3H3,(H,17,18)(H,19,20)/b11-6-. The SMILES string of the molecule is COC(CN=C1NS(=O)(=O)c2cc(C)c(Cl)cc2S/C1=C\C(=O)O)OC. The summed E-state index contributed by atoms with van der Waals surface area (Å²) in [5.41, 5.74) is 0.583. The number of rotatable bonds is 5. The Kier molecular flexibility index (Phi) is 6.69. The number of ether oxygens (including phenoxy) is 2. The van der Waals surface area contributed by atoms with Crippen molar-refractivity contribution in [1.29, 1.82) is 0 Å². The fourth-order valence-corrected chi connectivity index (χ4v) is 4.94. The first kappa shape index (κ1) is 20.7. The number of amidine groups is 1. The molecule has 0 spiro atoms. The van der Waals surface area contributed by atoms with Crippen LogP contribution in [0.1, 0.15) is 5.56 Å². The Morgan fingerprint density at radius 3 is 2.65 bits per heavy atom. The number of nitrogens with zero attached hydrogens (tertiary/aromatic N) is 1. The molecule has 1 aliphatic rings. The molecule has 1 heterocycles. The Labute approximate surface area is 160 Å². The fourth-order valence-electron chi connectivity index (χ4n) is 2.06. The summed E-state index contributed by atoms with van der Waals surface area (Å²) in [5.74, 6) is -1.35. The lowest BCUT2D eigenvalue weighted by molar-refractivity contribution is -0.131. The number of nitrogens with one attached hydrogen (secondary N) is 1. The zero-order chi connectivity index (χ0) is 19.5. The summed E-state index contributed by atoms with van der Waals surface area (Å²) in [7, 11) is -1.15. The molecule has 0 fully saturated rings. The van der Waals surface area contributed by atoms with E-state index in [0.29, 0.717) is 15.5 Å². The summed E-state index contributed by atoms with van der Waals surface area (Å²) >= 11 is 7.04. The van der Waals surface area contributed by atoms with E-state index in [0.717, 1.165) is 17.8 Å². The molecule has 0 saturated carbocycles. The van der Waals surface area contributed by atoms with E-state index >= 15 is 0 Å². The van der Waals surface area contributed by atoms with E-state index in [2.05, 4.69) is 9.71 Å². The lowest BCUT2D eigenvalue weighted by Crippen LogP contribution is -2.31. The molecule has 0 amide bonds. The van der Waals surface area contributed by atoms with Crippen molar-refractivity contribution in [1.82, 2.24) is 4.72 Å². The van der Waals surface area contributed by atoms with E-state index in [4.69, 9.17) is 26.2 Å². The van der Waals surface area contributed by atoms with Gasteiger partial charge in [-0.05, 0) is 24.6 Å². The maximum atomic E-state index is 12.7. The minimum atomic E-state index is -3.97. The molecule has 1 aliphatic heterocycles. The smallest absolute Gasteiger partial charge is 0.329 e. The number of sulfonamides is 1. The van der Waals surface area contributed by atoms with Gasteiger partial charge in [-0.25, -0.2) is 13.2 Å². The van der Waals surface area contributed by atoms with Gasteiger partial charge in [0.15, 0.2) is 6.29 Å². The monoisotopic (exact) mass is 420 g/mol. The highest BCUT2D eigenvalue weighted by Crippen LogP contribution is 2.38. The van der Waals surface area contributed by atoms with Gasteiger partial charge in [0, 0.05) is 30.2 Å². The van der Waals surface area contributed by atoms with E-state index in [-0.39, 0.29) is 22.2 Å². The number of aryl methyl sites for hydroxylation is 1. The minimum Gasteiger partial charge on any atom is -0.478 e. The third-order valence-electron chi connectivity index (χ3n) is 3.38. The molecule has 2 N–H and O–H groups in total.